The Morgan fingerprint density at radius 1 is 1.11 bits per heavy atom. The van der Waals surface area contributed by atoms with E-state index in [1.807, 2.05) is 16.7 Å². The number of halogens is 3. The normalized spacial score (nSPS) is 11.4. The molecule has 0 aliphatic heterocycles. The van der Waals surface area contributed by atoms with Crippen LogP contribution in [0.3, 0.4) is 0 Å². The van der Waals surface area contributed by atoms with Gasteiger partial charge in [0.25, 0.3) is 5.91 Å². The second kappa shape index (κ2) is 10.6. The first-order valence-corrected chi connectivity index (χ1v) is 11.6. The predicted octanol–water partition coefficient (Wildman–Crippen LogP) is 5.97. The molecule has 2 aromatic heterocycles. The van der Waals surface area contributed by atoms with Crippen molar-refractivity contribution in [2.24, 2.45) is 0 Å². The van der Waals surface area contributed by atoms with Gasteiger partial charge in [0, 0.05) is 24.4 Å². The van der Waals surface area contributed by atoms with Gasteiger partial charge in [-0.25, -0.2) is 0 Å². The summed E-state index contributed by atoms with van der Waals surface area (Å²) < 4.78 is 46.2. The van der Waals surface area contributed by atoms with Crippen LogP contribution in [0.2, 0.25) is 0 Å². The smallest absolute Gasteiger partial charge is 0.416 e. The number of thioether (sulfide) groups is 1. The Kier molecular flexibility index (Phi) is 7.40. The molecule has 6 nitrogen and oxygen atoms in total. The molecule has 0 radical (unpaired) electrons. The molecule has 0 aliphatic rings. The first-order chi connectivity index (χ1) is 16.9. The fourth-order valence-electron chi connectivity index (χ4n) is 3.42. The van der Waals surface area contributed by atoms with Gasteiger partial charge < -0.3 is 9.73 Å². The first kappa shape index (κ1) is 24.3. The summed E-state index contributed by atoms with van der Waals surface area (Å²) in [6.07, 6.45) is -1.15. The van der Waals surface area contributed by atoms with E-state index in [4.69, 9.17) is 4.42 Å². The van der Waals surface area contributed by atoms with E-state index in [2.05, 4.69) is 22.1 Å². The molecule has 4 rings (SSSR count). The molecule has 10 heteroatoms. The molecule has 0 atom stereocenters. The summed E-state index contributed by atoms with van der Waals surface area (Å²) >= 11 is 1.40. The molecule has 180 valence electrons. The standard InChI is InChI=1S/C25H21F3N4O2S/c1-2-12-32-22(21-11-6-13-34-21)30-31-24(32)35-16-18-8-3-4-10-20(18)23(33)29-15-17-7-5-9-19(14-17)25(26,27)28/h2-11,13-14H,1,12,15-16H2,(H,29,33). The molecule has 2 heterocycles. The second-order valence-electron chi connectivity index (χ2n) is 7.51. The van der Waals surface area contributed by atoms with Crippen LogP contribution in [0, 0.1) is 0 Å². The summed E-state index contributed by atoms with van der Waals surface area (Å²) in [5.41, 5.74) is 0.807. The largest absolute Gasteiger partial charge is 0.461 e. The topological polar surface area (TPSA) is 73.0 Å². The minimum atomic E-state index is -4.44. The Morgan fingerprint density at radius 2 is 1.94 bits per heavy atom. The third-order valence-electron chi connectivity index (χ3n) is 5.10. The molecule has 0 aliphatic carbocycles. The molecule has 0 spiro atoms. The van der Waals surface area contributed by atoms with Crippen LogP contribution in [-0.2, 0) is 25.0 Å². The minimum Gasteiger partial charge on any atom is -0.461 e. The van der Waals surface area contributed by atoms with Crippen molar-refractivity contribution in [1.82, 2.24) is 20.1 Å². The molecular weight excluding hydrogens is 477 g/mol. The predicted molar refractivity (Wildman–Crippen MR) is 127 cm³/mol. The van der Waals surface area contributed by atoms with Gasteiger partial charge in [0.2, 0.25) is 5.82 Å². The summed E-state index contributed by atoms with van der Waals surface area (Å²) in [7, 11) is 0. The highest BCUT2D eigenvalue weighted by Gasteiger charge is 2.30. The number of hydrogen-bond donors (Lipinski definition) is 1. The number of rotatable bonds is 9. The van der Waals surface area contributed by atoms with Crippen LogP contribution in [0.4, 0.5) is 13.2 Å². The first-order valence-electron chi connectivity index (χ1n) is 10.6. The van der Waals surface area contributed by atoms with Gasteiger partial charge >= 0.3 is 6.18 Å². The number of nitrogens with zero attached hydrogens (tertiary/aromatic N) is 3. The van der Waals surface area contributed by atoms with Crippen molar-refractivity contribution < 1.29 is 22.4 Å². The Labute approximate surface area is 203 Å². The number of nitrogens with one attached hydrogen (secondary N) is 1. The van der Waals surface area contributed by atoms with Crippen molar-refractivity contribution >= 4 is 17.7 Å². The average Bonchev–Trinajstić information content (AvgIpc) is 3.51. The highest BCUT2D eigenvalue weighted by atomic mass is 32.2. The van der Waals surface area contributed by atoms with E-state index in [-0.39, 0.29) is 12.5 Å². The SMILES string of the molecule is C=CCn1c(SCc2ccccc2C(=O)NCc2cccc(C(F)(F)F)c2)nnc1-c1ccco1. The molecular formula is C25H21F3N4O2S. The summed E-state index contributed by atoms with van der Waals surface area (Å²) in [5, 5.41) is 11.8. The van der Waals surface area contributed by atoms with Gasteiger partial charge in [-0.1, -0.05) is 48.2 Å². The molecule has 2 aromatic carbocycles. The van der Waals surface area contributed by atoms with E-state index in [1.54, 1.807) is 42.7 Å². The highest BCUT2D eigenvalue weighted by Crippen LogP contribution is 2.30. The van der Waals surface area contributed by atoms with Crippen molar-refractivity contribution in [2.45, 2.75) is 30.2 Å². The number of alkyl halides is 3. The van der Waals surface area contributed by atoms with Crippen LogP contribution >= 0.6 is 11.8 Å². The maximum atomic E-state index is 13.0. The lowest BCUT2D eigenvalue weighted by Crippen LogP contribution is -2.24. The zero-order valence-electron chi connectivity index (χ0n) is 18.5. The number of hydrogen-bond acceptors (Lipinski definition) is 5. The van der Waals surface area contributed by atoms with Crippen LogP contribution < -0.4 is 5.32 Å². The van der Waals surface area contributed by atoms with Crippen LogP contribution in [0.15, 0.2) is 89.2 Å². The third-order valence-corrected chi connectivity index (χ3v) is 6.11. The molecule has 0 saturated heterocycles. The quantitative estimate of drug-likeness (QED) is 0.228. The van der Waals surface area contributed by atoms with Gasteiger partial charge in [0.15, 0.2) is 10.9 Å². The van der Waals surface area contributed by atoms with E-state index >= 15 is 0 Å². The summed E-state index contributed by atoms with van der Waals surface area (Å²) in [6, 6.07) is 15.5. The number of benzene rings is 2. The maximum Gasteiger partial charge on any atom is 0.416 e. The Morgan fingerprint density at radius 3 is 2.69 bits per heavy atom. The molecule has 4 aromatic rings. The monoisotopic (exact) mass is 498 g/mol. The van der Waals surface area contributed by atoms with Crippen molar-refractivity contribution in [2.75, 3.05) is 0 Å². The molecule has 0 fully saturated rings. The van der Waals surface area contributed by atoms with Crippen LogP contribution in [0.25, 0.3) is 11.6 Å². The summed E-state index contributed by atoms with van der Waals surface area (Å²) in [5.74, 6) is 1.22. The number of carbonyl (C=O) groups excluding carboxylic acids is 1. The van der Waals surface area contributed by atoms with Gasteiger partial charge in [0.1, 0.15) is 0 Å². The fraction of sp³-hybridized carbons (Fsp3) is 0.160. The minimum absolute atomic E-state index is 0.0234. The van der Waals surface area contributed by atoms with Crippen molar-refractivity contribution in [3.8, 4) is 11.6 Å². The highest BCUT2D eigenvalue weighted by molar-refractivity contribution is 7.98. The van der Waals surface area contributed by atoms with Crippen LogP contribution in [-0.4, -0.2) is 20.7 Å². The van der Waals surface area contributed by atoms with Crippen molar-refractivity contribution in [3.63, 3.8) is 0 Å². The van der Waals surface area contributed by atoms with E-state index in [0.29, 0.717) is 40.2 Å². The zero-order valence-corrected chi connectivity index (χ0v) is 19.3. The van der Waals surface area contributed by atoms with Gasteiger partial charge in [-0.05, 0) is 41.5 Å². The number of furan rings is 1. The zero-order chi connectivity index (χ0) is 24.8. The van der Waals surface area contributed by atoms with Gasteiger partial charge in [-0.2, -0.15) is 13.2 Å². The van der Waals surface area contributed by atoms with E-state index in [1.165, 1.54) is 17.8 Å². The fourth-order valence-corrected chi connectivity index (χ4v) is 4.37. The van der Waals surface area contributed by atoms with Crippen molar-refractivity contribution in [3.05, 3.63) is 102 Å². The van der Waals surface area contributed by atoms with Crippen LogP contribution in [0.5, 0.6) is 0 Å². The van der Waals surface area contributed by atoms with Gasteiger partial charge in [0.05, 0.1) is 11.8 Å². The van der Waals surface area contributed by atoms with E-state index < -0.39 is 11.7 Å². The molecule has 0 bridgehead atoms. The van der Waals surface area contributed by atoms with Gasteiger partial charge in [-0.3, -0.25) is 9.36 Å². The Balaban J connectivity index is 1.46. The molecule has 35 heavy (non-hydrogen) atoms. The number of aromatic nitrogens is 3. The Hall–Kier alpha value is -3.79. The lowest BCUT2D eigenvalue weighted by Gasteiger charge is -2.12. The third kappa shape index (κ3) is 5.83. The molecule has 1 N–H and O–H groups in total. The number of carbonyl (C=O) groups is 1. The van der Waals surface area contributed by atoms with Crippen LogP contribution in [0.1, 0.15) is 27.0 Å². The summed E-state index contributed by atoms with van der Waals surface area (Å²) in [4.78, 5) is 12.9. The number of amides is 1. The van der Waals surface area contributed by atoms with E-state index in [9.17, 15) is 18.0 Å². The average molecular weight is 499 g/mol. The maximum absolute atomic E-state index is 13.0. The molecule has 0 unspecified atom stereocenters. The number of allylic oxidation sites excluding steroid dienone is 1. The lowest BCUT2D eigenvalue weighted by atomic mass is 10.1. The lowest BCUT2D eigenvalue weighted by molar-refractivity contribution is -0.137. The summed E-state index contributed by atoms with van der Waals surface area (Å²) in [6.45, 7) is 4.24. The second-order valence-corrected chi connectivity index (χ2v) is 8.45. The molecule has 0 saturated carbocycles. The molecule has 1 amide bonds. The van der Waals surface area contributed by atoms with Crippen molar-refractivity contribution in [1.29, 1.82) is 0 Å². The van der Waals surface area contributed by atoms with E-state index in [0.717, 1.165) is 17.7 Å². The Bertz CT molecular complexity index is 1320. The van der Waals surface area contributed by atoms with Gasteiger partial charge in [-0.15, -0.1) is 16.8 Å².